The lowest BCUT2D eigenvalue weighted by molar-refractivity contribution is -0.132. The van der Waals surface area contributed by atoms with E-state index in [4.69, 9.17) is 0 Å². The Labute approximate surface area is 187 Å². The molecule has 1 aliphatic rings. The smallest absolute Gasteiger partial charge is 0.256 e. The molecule has 0 saturated carbocycles. The van der Waals surface area contributed by atoms with Crippen molar-refractivity contribution in [1.82, 2.24) is 14.7 Å². The predicted molar refractivity (Wildman–Crippen MR) is 121 cm³/mol. The van der Waals surface area contributed by atoms with Crippen LogP contribution in [0.15, 0.2) is 66.9 Å². The Morgan fingerprint density at radius 1 is 1.03 bits per heavy atom. The minimum atomic E-state index is -0.452. The molecule has 4 rings (SSSR count). The van der Waals surface area contributed by atoms with Gasteiger partial charge in [-0.2, -0.15) is 5.10 Å². The van der Waals surface area contributed by atoms with Crippen molar-refractivity contribution >= 4 is 17.6 Å². The quantitative estimate of drug-likeness (QED) is 0.597. The SMILES string of the molecule is O=C(Nc1ccnn1C1CCN(C(=O)CCCc2ccccc2)CC1)c1cccc(F)c1. The van der Waals surface area contributed by atoms with Crippen molar-refractivity contribution in [1.29, 1.82) is 0 Å². The first-order valence-corrected chi connectivity index (χ1v) is 11.0. The summed E-state index contributed by atoms with van der Waals surface area (Å²) in [5.41, 5.74) is 1.51. The lowest BCUT2D eigenvalue weighted by Gasteiger charge is -2.33. The van der Waals surface area contributed by atoms with E-state index in [-0.39, 0.29) is 23.4 Å². The molecule has 6 nitrogen and oxygen atoms in total. The van der Waals surface area contributed by atoms with E-state index >= 15 is 0 Å². The summed E-state index contributed by atoms with van der Waals surface area (Å²) in [5.74, 6) is -0.0596. The molecule has 0 aliphatic carbocycles. The largest absolute Gasteiger partial charge is 0.343 e. The predicted octanol–water partition coefficient (Wildman–Crippen LogP) is 4.46. The van der Waals surface area contributed by atoms with E-state index < -0.39 is 5.82 Å². The molecule has 0 spiro atoms. The number of aromatic nitrogens is 2. The molecule has 1 aromatic heterocycles. The average Bonchev–Trinajstić information content (AvgIpc) is 3.28. The lowest BCUT2D eigenvalue weighted by atomic mass is 10.0. The number of hydrogen-bond acceptors (Lipinski definition) is 3. The van der Waals surface area contributed by atoms with Crippen LogP contribution in [-0.4, -0.2) is 39.6 Å². The molecule has 1 saturated heterocycles. The molecular formula is C25H27FN4O2. The summed E-state index contributed by atoms with van der Waals surface area (Å²) in [6.45, 7) is 1.35. The maximum absolute atomic E-state index is 13.4. The van der Waals surface area contributed by atoms with Crippen molar-refractivity contribution in [3.63, 3.8) is 0 Å². The molecule has 2 amide bonds. The van der Waals surface area contributed by atoms with Crippen LogP contribution in [0.1, 0.15) is 47.6 Å². The summed E-state index contributed by atoms with van der Waals surface area (Å²) in [4.78, 5) is 27.0. The van der Waals surface area contributed by atoms with Gasteiger partial charge in [-0.3, -0.25) is 9.59 Å². The molecule has 2 heterocycles. The average molecular weight is 435 g/mol. The zero-order chi connectivity index (χ0) is 22.3. The normalized spacial score (nSPS) is 14.3. The second-order valence-electron chi connectivity index (χ2n) is 8.08. The number of nitrogens with zero attached hydrogens (tertiary/aromatic N) is 3. The van der Waals surface area contributed by atoms with Gasteiger partial charge < -0.3 is 10.2 Å². The van der Waals surface area contributed by atoms with Gasteiger partial charge in [0, 0.05) is 31.1 Å². The van der Waals surface area contributed by atoms with E-state index in [1.807, 2.05) is 23.1 Å². The number of anilines is 1. The topological polar surface area (TPSA) is 67.2 Å². The zero-order valence-corrected chi connectivity index (χ0v) is 17.9. The van der Waals surface area contributed by atoms with Crippen molar-refractivity contribution < 1.29 is 14.0 Å². The Bertz CT molecular complexity index is 1060. The number of amides is 2. The van der Waals surface area contributed by atoms with Crippen LogP contribution in [0.25, 0.3) is 0 Å². The van der Waals surface area contributed by atoms with Gasteiger partial charge >= 0.3 is 0 Å². The number of piperidine rings is 1. The minimum absolute atomic E-state index is 0.0983. The highest BCUT2D eigenvalue weighted by Gasteiger charge is 2.25. The van der Waals surface area contributed by atoms with Crippen LogP contribution in [0, 0.1) is 5.82 Å². The minimum Gasteiger partial charge on any atom is -0.343 e. The molecular weight excluding hydrogens is 407 g/mol. The molecule has 1 N–H and O–H groups in total. The molecule has 7 heteroatoms. The third-order valence-electron chi connectivity index (χ3n) is 5.86. The Kier molecular flexibility index (Phi) is 6.94. The van der Waals surface area contributed by atoms with Gasteiger partial charge in [-0.25, -0.2) is 9.07 Å². The molecule has 0 radical (unpaired) electrons. The molecule has 1 aliphatic heterocycles. The van der Waals surface area contributed by atoms with Crippen LogP contribution in [0.3, 0.4) is 0 Å². The van der Waals surface area contributed by atoms with Crippen molar-refractivity contribution in [3.8, 4) is 0 Å². The summed E-state index contributed by atoms with van der Waals surface area (Å²) in [6.07, 6.45) is 5.49. The number of nitrogens with one attached hydrogen (secondary N) is 1. The van der Waals surface area contributed by atoms with Gasteiger partial charge in [-0.05, 0) is 49.4 Å². The number of carbonyl (C=O) groups is 2. The van der Waals surface area contributed by atoms with Gasteiger partial charge in [0.15, 0.2) is 0 Å². The van der Waals surface area contributed by atoms with Gasteiger partial charge in [-0.15, -0.1) is 0 Å². The lowest BCUT2D eigenvalue weighted by Crippen LogP contribution is -2.39. The van der Waals surface area contributed by atoms with E-state index in [0.717, 1.165) is 25.7 Å². The molecule has 32 heavy (non-hydrogen) atoms. The summed E-state index contributed by atoms with van der Waals surface area (Å²) in [7, 11) is 0. The summed E-state index contributed by atoms with van der Waals surface area (Å²) >= 11 is 0. The van der Waals surface area contributed by atoms with Crippen LogP contribution in [0.4, 0.5) is 10.2 Å². The standard InChI is InChI=1S/C25H27FN4O2/c26-21-10-5-9-20(18-21)25(32)28-23-12-15-27-30(23)22-13-16-29(17-14-22)24(31)11-4-8-19-6-2-1-3-7-19/h1-3,5-7,9-10,12,15,18,22H,4,8,11,13-14,16-17H2,(H,28,32). The van der Waals surface area contributed by atoms with Crippen LogP contribution in [0.5, 0.6) is 0 Å². The van der Waals surface area contributed by atoms with E-state index in [9.17, 15) is 14.0 Å². The maximum atomic E-state index is 13.4. The first-order chi connectivity index (χ1) is 15.6. The van der Waals surface area contributed by atoms with Gasteiger partial charge in [0.1, 0.15) is 11.6 Å². The van der Waals surface area contributed by atoms with Crippen molar-refractivity contribution in [2.75, 3.05) is 18.4 Å². The van der Waals surface area contributed by atoms with Crippen LogP contribution < -0.4 is 5.32 Å². The van der Waals surface area contributed by atoms with Crippen molar-refractivity contribution in [3.05, 3.63) is 83.8 Å². The molecule has 1 fully saturated rings. The number of rotatable bonds is 7. The number of likely N-dealkylation sites (tertiary alicyclic amines) is 1. The second-order valence-corrected chi connectivity index (χ2v) is 8.08. The fourth-order valence-corrected chi connectivity index (χ4v) is 4.13. The van der Waals surface area contributed by atoms with E-state index in [1.54, 1.807) is 23.0 Å². The Hall–Kier alpha value is -3.48. The first kappa shape index (κ1) is 21.7. The number of carbonyl (C=O) groups excluding carboxylic acids is 2. The summed E-state index contributed by atoms with van der Waals surface area (Å²) < 4.78 is 15.2. The fraction of sp³-hybridized carbons (Fsp3) is 0.320. The number of hydrogen-bond donors (Lipinski definition) is 1. The Morgan fingerprint density at radius 2 is 1.81 bits per heavy atom. The summed E-state index contributed by atoms with van der Waals surface area (Å²) in [5, 5.41) is 7.20. The summed E-state index contributed by atoms with van der Waals surface area (Å²) in [6, 6.07) is 17.6. The Balaban J connectivity index is 1.28. The highest BCUT2D eigenvalue weighted by molar-refractivity contribution is 6.03. The van der Waals surface area contributed by atoms with Gasteiger partial charge in [0.05, 0.1) is 12.2 Å². The van der Waals surface area contributed by atoms with Gasteiger partial charge in [-0.1, -0.05) is 36.4 Å². The monoisotopic (exact) mass is 434 g/mol. The van der Waals surface area contributed by atoms with Crippen molar-refractivity contribution in [2.45, 2.75) is 38.1 Å². The maximum Gasteiger partial charge on any atom is 0.256 e. The van der Waals surface area contributed by atoms with Gasteiger partial charge in [0.25, 0.3) is 5.91 Å². The Morgan fingerprint density at radius 3 is 2.56 bits per heavy atom. The molecule has 166 valence electrons. The number of benzene rings is 2. The van der Waals surface area contributed by atoms with Crippen LogP contribution >= 0.6 is 0 Å². The first-order valence-electron chi connectivity index (χ1n) is 11.0. The molecule has 3 aromatic rings. The number of halogens is 1. The van der Waals surface area contributed by atoms with Crippen molar-refractivity contribution in [2.24, 2.45) is 0 Å². The van der Waals surface area contributed by atoms with Gasteiger partial charge in [0.2, 0.25) is 5.91 Å². The second kappa shape index (κ2) is 10.2. The molecule has 0 unspecified atom stereocenters. The van der Waals surface area contributed by atoms with E-state index in [2.05, 4.69) is 22.5 Å². The zero-order valence-electron chi connectivity index (χ0n) is 17.9. The number of aryl methyl sites for hydroxylation is 1. The molecule has 0 atom stereocenters. The third kappa shape index (κ3) is 5.41. The van der Waals surface area contributed by atoms with Crippen LogP contribution in [0.2, 0.25) is 0 Å². The molecule has 0 bridgehead atoms. The molecule has 2 aromatic carbocycles. The third-order valence-corrected chi connectivity index (χ3v) is 5.86. The van der Waals surface area contributed by atoms with E-state index in [0.29, 0.717) is 25.3 Å². The fourth-order valence-electron chi connectivity index (χ4n) is 4.13. The highest BCUT2D eigenvalue weighted by Crippen LogP contribution is 2.26. The van der Waals surface area contributed by atoms with Crippen LogP contribution in [-0.2, 0) is 11.2 Å². The van der Waals surface area contributed by atoms with E-state index in [1.165, 1.54) is 23.8 Å². The highest BCUT2D eigenvalue weighted by atomic mass is 19.1.